The molecule has 2 unspecified atom stereocenters. The van der Waals surface area contributed by atoms with Gasteiger partial charge in [-0.05, 0) is 48.9 Å². The van der Waals surface area contributed by atoms with Crippen LogP contribution in [0.25, 0.3) is 0 Å². The molecule has 118 valence electrons. The highest BCUT2D eigenvalue weighted by Gasteiger charge is 2.34. The van der Waals surface area contributed by atoms with Crippen molar-refractivity contribution >= 4 is 5.69 Å². The summed E-state index contributed by atoms with van der Waals surface area (Å²) in [4.78, 5) is 2.07. The third-order valence-electron chi connectivity index (χ3n) is 4.05. The maximum absolute atomic E-state index is 13.2. The molecule has 0 bridgehead atoms. The number of halogens is 3. The molecule has 2 N–H and O–H groups in total. The van der Waals surface area contributed by atoms with Gasteiger partial charge in [-0.25, -0.2) is 0 Å². The van der Waals surface area contributed by atoms with E-state index >= 15 is 0 Å². The van der Waals surface area contributed by atoms with Crippen LogP contribution in [0.5, 0.6) is 0 Å². The summed E-state index contributed by atoms with van der Waals surface area (Å²) < 4.78 is 39.6. The number of benzene rings is 1. The molecule has 0 saturated carbocycles. The lowest BCUT2D eigenvalue weighted by molar-refractivity contribution is -0.138. The SMILES string of the molecule is CC1CC(C)CN(c2ccc(CCN)c(C(F)(F)F)c2)C1. The van der Waals surface area contributed by atoms with Gasteiger partial charge in [0.2, 0.25) is 0 Å². The van der Waals surface area contributed by atoms with Crippen molar-refractivity contribution in [1.29, 1.82) is 0 Å². The Morgan fingerprint density at radius 2 is 1.81 bits per heavy atom. The molecular weight excluding hydrogens is 277 g/mol. The van der Waals surface area contributed by atoms with Crippen LogP contribution in [0, 0.1) is 11.8 Å². The minimum atomic E-state index is -4.33. The molecule has 0 spiro atoms. The lowest BCUT2D eigenvalue weighted by atomic mass is 9.91. The van der Waals surface area contributed by atoms with Gasteiger partial charge in [0.15, 0.2) is 0 Å². The first-order valence-electron chi connectivity index (χ1n) is 7.46. The van der Waals surface area contributed by atoms with E-state index in [0.717, 1.165) is 19.5 Å². The second kappa shape index (κ2) is 6.26. The van der Waals surface area contributed by atoms with Crippen LogP contribution in [0.2, 0.25) is 0 Å². The van der Waals surface area contributed by atoms with Crippen molar-refractivity contribution in [3.8, 4) is 0 Å². The molecule has 1 saturated heterocycles. The first kappa shape index (κ1) is 16.1. The molecule has 1 aromatic carbocycles. The predicted octanol–water partition coefficient (Wildman–Crippen LogP) is 3.69. The fourth-order valence-electron chi connectivity index (χ4n) is 3.27. The number of nitrogens with zero attached hydrogens (tertiary/aromatic N) is 1. The molecule has 1 aromatic rings. The summed E-state index contributed by atoms with van der Waals surface area (Å²) in [5, 5.41) is 0. The van der Waals surface area contributed by atoms with E-state index in [1.165, 1.54) is 6.07 Å². The number of anilines is 1. The van der Waals surface area contributed by atoms with Gasteiger partial charge in [-0.1, -0.05) is 19.9 Å². The largest absolute Gasteiger partial charge is 0.416 e. The van der Waals surface area contributed by atoms with Gasteiger partial charge < -0.3 is 10.6 Å². The summed E-state index contributed by atoms with van der Waals surface area (Å²) >= 11 is 0. The number of piperidine rings is 1. The lowest BCUT2D eigenvalue weighted by Crippen LogP contribution is -2.38. The van der Waals surface area contributed by atoms with Crippen LogP contribution in [0.3, 0.4) is 0 Å². The highest BCUT2D eigenvalue weighted by molar-refractivity contribution is 5.52. The van der Waals surface area contributed by atoms with E-state index in [9.17, 15) is 13.2 Å². The Balaban J connectivity index is 2.33. The molecular formula is C16H23F3N2. The zero-order chi connectivity index (χ0) is 15.6. The van der Waals surface area contributed by atoms with E-state index in [4.69, 9.17) is 5.73 Å². The zero-order valence-corrected chi connectivity index (χ0v) is 12.6. The Labute approximate surface area is 124 Å². The smallest absolute Gasteiger partial charge is 0.371 e. The molecule has 1 heterocycles. The third kappa shape index (κ3) is 3.90. The Morgan fingerprint density at radius 3 is 2.33 bits per heavy atom. The molecule has 0 aliphatic carbocycles. The highest BCUT2D eigenvalue weighted by atomic mass is 19.4. The van der Waals surface area contributed by atoms with Crippen LogP contribution in [0.15, 0.2) is 18.2 Å². The van der Waals surface area contributed by atoms with Gasteiger partial charge in [0.25, 0.3) is 0 Å². The molecule has 2 atom stereocenters. The van der Waals surface area contributed by atoms with E-state index in [-0.39, 0.29) is 18.5 Å². The molecule has 2 rings (SSSR count). The van der Waals surface area contributed by atoms with Crippen molar-refractivity contribution in [2.45, 2.75) is 32.9 Å². The van der Waals surface area contributed by atoms with Gasteiger partial charge >= 0.3 is 6.18 Å². The minimum Gasteiger partial charge on any atom is -0.371 e. The predicted molar refractivity (Wildman–Crippen MR) is 79.4 cm³/mol. The van der Waals surface area contributed by atoms with Gasteiger partial charge in [0.05, 0.1) is 5.56 Å². The van der Waals surface area contributed by atoms with E-state index in [1.54, 1.807) is 12.1 Å². The highest BCUT2D eigenvalue weighted by Crippen LogP contribution is 2.36. The van der Waals surface area contributed by atoms with Crippen molar-refractivity contribution in [2.75, 3.05) is 24.5 Å². The number of hydrogen-bond donors (Lipinski definition) is 1. The number of alkyl halides is 3. The standard InChI is InChI=1S/C16H23F3N2/c1-11-7-12(2)10-21(9-11)14-4-3-13(5-6-20)15(8-14)16(17,18)19/h3-4,8,11-12H,5-7,9-10,20H2,1-2H3. The topological polar surface area (TPSA) is 29.3 Å². The van der Waals surface area contributed by atoms with Gasteiger partial charge in [-0.15, -0.1) is 0 Å². The van der Waals surface area contributed by atoms with Crippen molar-refractivity contribution < 1.29 is 13.2 Å². The summed E-state index contributed by atoms with van der Waals surface area (Å²) in [6.45, 7) is 6.15. The monoisotopic (exact) mass is 300 g/mol. The summed E-state index contributed by atoms with van der Waals surface area (Å²) in [6, 6.07) is 4.66. The second-order valence-electron chi connectivity index (χ2n) is 6.23. The van der Waals surface area contributed by atoms with Crippen LogP contribution in [-0.2, 0) is 12.6 Å². The first-order valence-corrected chi connectivity index (χ1v) is 7.46. The molecule has 1 aliphatic rings. The second-order valence-corrected chi connectivity index (χ2v) is 6.23. The third-order valence-corrected chi connectivity index (χ3v) is 4.05. The quantitative estimate of drug-likeness (QED) is 0.922. The van der Waals surface area contributed by atoms with Crippen molar-refractivity contribution in [2.24, 2.45) is 17.6 Å². The number of nitrogens with two attached hydrogens (primary N) is 1. The van der Waals surface area contributed by atoms with Crippen LogP contribution >= 0.6 is 0 Å². The summed E-state index contributed by atoms with van der Waals surface area (Å²) in [6.07, 6.45) is -2.94. The average Bonchev–Trinajstić information content (AvgIpc) is 2.37. The summed E-state index contributed by atoms with van der Waals surface area (Å²) in [5.74, 6) is 1.01. The van der Waals surface area contributed by atoms with Gasteiger partial charge in [0.1, 0.15) is 0 Å². The maximum atomic E-state index is 13.2. The van der Waals surface area contributed by atoms with Crippen molar-refractivity contribution in [1.82, 2.24) is 0 Å². The van der Waals surface area contributed by atoms with E-state index in [1.807, 2.05) is 0 Å². The Hall–Kier alpha value is -1.23. The Morgan fingerprint density at radius 1 is 1.19 bits per heavy atom. The van der Waals surface area contributed by atoms with Crippen LogP contribution < -0.4 is 10.6 Å². The summed E-state index contributed by atoms with van der Waals surface area (Å²) in [5.41, 5.74) is 5.82. The van der Waals surface area contributed by atoms with Crippen LogP contribution in [0.4, 0.5) is 18.9 Å². The molecule has 0 aromatic heterocycles. The Kier molecular flexibility index (Phi) is 4.81. The number of rotatable bonds is 3. The van der Waals surface area contributed by atoms with Crippen molar-refractivity contribution in [3.63, 3.8) is 0 Å². The van der Waals surface area contributed by atoms with Crippen molar-refractivity contribution in [3.05, 3.63) is 29.3 Å². The van der Waals surface area contributed by atoms with Gasteiger partial charge in [0, 0.05) is 18.8 Å². The Bertz CT molecular complexity index is 475. The van der Waals surface area contributed by atoms with E-state index in [0.29, 0.717) is 17.5 Å². The van der Waals surface area contributed by atoms with Gasteiger partial charge in [-0.2, -0.15) is 13.2 Å². The minimum absolute atomic E-state index is 0.222. The lowest BCUT2D eigenvalue weighted by Gasteiger charge is -2.37. The normalized spacial score (nSPS) is 23.4. The molecule has 1 aliphatic heterocycles. The first-order chi connectivity index (χ1) is 9.81. The molecule has 0 radical (unpaired) electrons. The average molecular weight is 300 g/mol. The van der Waals surface area contributed by atoms with E-state index < -0.39 is 11.7 Å². The molecule has 2 nitrogen and oxygen atoms in total. The number of hydrogen-bond acceptors (Lipinski definition) is 2. The molecule has 5 heteroatoms. The van der Waals surface area contributed by atoms with Crippen LogP contribution in [0.1, 0.15) is 31.4 Å². The van der Waals surface area contributed by atoms with Gasteiger partial charge in [-0.3, -0.25) is 0 Å². The fourth-order valence-corrected chi connectivity index (χ4v) is 3.27. The van der Waals surface area contributed by atoms with Crippen LogP contribution in [-0.4, -0.2) is 19.6 Å². The van der Waals surface area contributed by atoms with E-state index in [2.05, 4.69) is 18.7 Å². The fraction of sp³-hybridized carbons (Fsp3) is 0.625. The molecule has 0 amide bonds. The summed E-state index contributed by atoms with van der Waals surface area (Å²) in [7, 11) is 0. The zero-order valence-electron chi connectivity index (χ0n) is 12.6. The molecule has 1 fully saturated rings. The molecule has 21 heavy (non-hydrogen) atoms. The maximum Gasteiger partial charge on any atom is 0.416 e.